The standard InChI is InChI=1S/C18H12FN3O5/c1-9-2-7-12(22(25)26)8-13(9)21-17(23)14-15(20-27-16(14)18(21)24)10-3-5-11(19)6-4-10/h2-8,14,16H,1H3/t14-,16-/m0/s1. The molecule has 0 bridgehead atoms. The van der Waals surface area contributed by atoms with E-state index in [9.17, 15) is 24.1 Å². The molecule has 1 fully saturated rings. The van der Waals surface area contributed by atoms with E-state index in [-0.39, 0.29) is 17.1 Å². The summed E-state index contributed by atoms with van der Waals surface area (Å²) < 4.78 is 13.2. The van der Waals surface area contributed by atoms with Gasteiger partial charge in [-0.3, -0.25) is 19.7 Å². The van der Waals surface area contributed by atoms with Crippen LogP contribution < -0.4 is 4.90 Å². The monoisotopic (exact) mass is 369 g/mol. The Morgan fingerprint density at radius 2 is 1.85 bits per heavy atom. The van der Waals surface area contributed by atoms with Gasteiger partial charge in [-0.1, -0.05) is 23.4 Å². The lowest BCUT2D eigenvalue weighted by atomic mass is 9.94. The molecule has 2 aliphatic heterocycles. The topological polar surface area (TPSA) is 102 Å². The molecule has 2 aromatic rings. The predicted octanol–water partition coefficient (Wildman–Crippen LogP) is 2.33. The van der Waals surface area contributed by atoms with E-state index in [1.807, 2.05) is 0 Å². The molecule has 136 valence electrons. The average molecular weight is 369 g/mol. The molecule has 0 aliphatic carbocycles. The number of nitrogens with zero attached hydrogens (tertiary/aromatic N) is 3. The number of non-ortho nitro benzene ring substituents is 1. The van der Waals surface area contributed by atoms with Gasteiger partial charge in [-0.2, -0.15) is 0 Å². The van der Waals surface area contributed by atoms with Crippen LogP contribution in [0.1, 0.15) is 11.1 Å². The van der Waals surface area contributed by atoms with Crippen LogP contribution in [-0.2, 0) is 14.4 Å². The number of halogens is 1. The molecule has 1 saturated heterocycles. The first-order chi connectivity index (χ1) is 12.9. The first kappa shape index (κ1) is 16.8. The van der Waals surface area contributed by atoms with Crippen LogP contribution in [0, 0.1) is 28.8 Å². The van der Waals surface area contributed by atoms with E-state index in [0.717, 1.165) is 4.90 Å². The number of nitro benzene ring substituents is 1. The Bertz CT molecular complexity index is 1020. The van der Waals surface area contributed by atoms with Crippen molar-refractivity contribution in [3.05, 3.63) is 69.5 Å². The van der Waals surface area contributed by atoms with Crippen LogP contribution in [0.2, 0.25) is 0 Å². The van der Waals surface area contributed by atoms with Gasteiger partial charge < -0.3 is 4.84 Å². The van der Waals surface area contributed by atoms with Gasteiger partial charge in [-0.25, -0.2) is 9.29 Å². The third kappa shape index (κ3) is 2.55. The highest BCUT2D eigenvalue weighted by atomic mass is 19.1. The van der Waals surface area contributed by atoms with Crippen molar-refractivity contribution in [2.75, 3.05) is 4.90 Å². The highest BCUT2D eigenvalue weighted by Gasteiger charge is 2.56. The maximum atomic E-state index is 13.2. The number of aryl methyl sites for hydroxylation is 1. The normalized spacial score (nSPS) is 21.1. The van der Waals surface area contributed by atoms with Crippen LogP contribution in [0.5, 0.6) is 0 Å². The number of hydrogen-bond acceptors (Lipinski definition) is 6. The van der Waals surface area contributed by atoms with Crippen molar-refractivity contribution < 1.29 is 23.7 Å². The lowest BCUT2D eigenvalue weighted by Gasteiger charge is -2.17. The minimum absolute atomic E-state index is 0.135. The Kier molecular flexibility index (Phi) is 3.72. The minimum atomic E-state index is -1.14. The number of nitro groups is 1. The number of benzene rings is 2. The third-order valence-corrected chi connectivity index (χ3v) is 4.60. The third-order valence-electron chi connectivity index (χ3n) is 4.60. The van der Waals surface area contributed by atoms with Gasteiger partial charge in [-0.15, -0.1) is 0 Å². The second-order valence-corrected chi connectivity index (χ2v) is 6.23. The summed E-state index contributed by atoms with van der Waals surface area (Å²) in [6.45, 7) is 1.64. The maximum absolute atomic E-state index is 13.2. The quantitative estimate of drug-likeness (QED) is 0.469. The molecule has 4 rings (SSSR count). The summed E-state index contributed by atoms with van der Waals surface area (Å²) in [7, 11) is 0. The second-order valence-electron chi connectivity index (χ2n) is 6.23. The first-order valence-corrected chi connectivity index (χ1v) is 8.01. The molecule has 0 aromatic heterocycles. The summed E-state index contributed by atoms with van der Waals surface area (Å²) in [5, 5.41) is 14.9. The zero-order chi connectivity index (χ0) is 19.3. The SMILES string of the molecule is Cc1ccc([N+](=O)[O-])cc1N1C(=O)[C@H]2C(c3ccc(F)cc3)=NO[C@@H]2C1=O. The molecule has 27 heavy (non-hydrogen) atoms. The van der Waals surface area contributed by atoms with Gasteiger partial charge in [0.1, 0.15) is 17.4 Å². The molecule has 2 aromatic carbocycles. The van der Waals surface area contributed by atoms with E-state index in [4.69, 9.17) is 4.84 Å². The Hall–Kier alpha value is -3.62. The number of fused-ring (bicyclic) bond motifs is 1. The van der Waals surface area contributed by atoms with E-state index in [1.165, 1.54) is 42.5 Å². The fourth-order valence-electron chi connectivity index (χ4n) is 3.23. The summed E-state index contributed by atoms with van der Waals surface area (Å²) in [6, 6.07) is 9.27. The van der Waals surface area contributed by atoms with Crippen molar-refractivity contribution in [1.82, 2.24) is 0 Å². The number of imide groups is 1. The lowest BCUT2D eigenvalue weighted by Crippen LogP contribution is -2.33. The number of carbonyl (C=O) groups is 2. The molecule has 0 radical (unpaired) electrons. The van der Waals surface area contributed by atoms with E-state index in [0.29, 0.717) is 11.1 Å². The fraction of sp³-hybridized carbons (Fsp3) is 0.167. The Balaban J connectivity index is 1.73. The van der Waals surface area contributed by atoms with Crippen LogP contribution in [0.3, 0.4) is 0 Å². The minimum Gasteiger partial charge on any atom is -0.381 e. The van der Waals surface area contributed by atoms with Gasteiger partial charge in [0.2, 0.25) is 12.0 Å². The first-order valence-electron chi connectivity index (χ1n) is 8.01. The Labute approximate surface area is 152 Å². The number of rotatable bonds is 3. The molecular weight excluding hydrogens is 357 g/mol. The average Bonchev–Trinajstić information content (AvgIpc) is 3.17. The van der Waals surface area contributed by atoms with Gasteiger partial charge in [0.25, 0.3) is 11.6 Å². The van der Waals surface area contributed by atoms with Crippen LogP contribution in [0.15, 0.2) is 47.6 Å². The fourth-order valence-corrected chi connectivity index (χ4v) is 3.23. The van der Waals surface area contributed by atoms with Gasteiger partial charge in [0.15, 0.2) is 0 Å². The molecule has 8 nitrogen and oxygen atoms in total. The number of amides is 2. The van der Waals surface area contributed by atoms with Gasteiger partial charge in [-0.05, 0) is 24.6 Å². The zero-order valence-electron chi connectivity index (χ0n) is 14.0. The number of oxime groups is 1. The van der Waals surface area contributed by atoms with Crippen molar-refractivity contribution in [2.45, 2.75) is 13.0 Å². The highest BCUT2D eigenvalue weighted by molar-refractivity contribution is 6.32. The highest BCUT2D eigenvalue weighted by Crippen LogP contribution is 2.37. The molecule has 0 spiro atoms. The summed E-state index contributed by atoms with van der Waals surface area (Å²) in [5.74, 6) is -2.66. The molecule has 2 atom stereocenters. The van der Waals surface area contributed by atoms with Gasteiger partial charge >= 0.3 is 0 Å². The molecule has 0 N–H and O–H groups in total. The van der Waals surface area contributed by atoms with E-state index >= 15 is 0 Å². The maximum Gasteiger partial charge on any atom is 0.278 e. The molecule has 9 heteroatoms. The molecule has 2 heterocycles. The predicted molar refractivity (Wildman–Crippen MR) is 91.6 cm³/mol. The van der Waals surface area contributed by atoms with Crippen LogP contribution >= 0.6 is 0 Å². The van der Waals surface area contributed by atoms with E-state index < -0.39 is 34.6 Å². The molecule has 2 aliphatic rings. The van der Waals surface area contributed by atoms with E-state index in [2.05, 4.69) is 5.16 Å². The van der Waals surface area contributed by atoms with Crippen molar-refractivity contribution >= 4 is 28.9 Å². The molecular formula is C18H12FN3O5. The second kappa shape index (κ2) is 5.97. The Morgan fingerprint density at radius 3 is 2.52 bits per heavy atom. The van der Waals surface area contributed by atoms with Gasteiger partial charge in [0, 0.05) is 17.7 Å². The van der Waals surface area contributed by atoms with Gasteiger partial charge in [0.05, 0.1) is 10.6 Å². The number of carbonyl (C=O) groups excluding carboxylic acids is 2. The van der Waals surface area contributed by atoms with E-state index in [1.54, 1.807) is 6.92 Å². The van der Waals surface area contributed by atoms with Crippen molar-refractivity contribution in [2.24, 2.45) is 11.1 Å². The summed E-state index contributed by atoms with van der Waals surface area (Å²) in [4.78, 5) is 42.2. The summed E-state index contributed by atoms with van der Waals surface area (Å²) in [6.07, 6.45) is -1.14. The van der Waals surface area contributed by atoms with Crippen LogP contribution in [0.25, 0.3) is 0 Å². The lowest BCUT2D eigenvalue weighted by molar-refractivity contribution is -0.384. The van der Waals surface area contributed by atoms with Crippen LogP contribution in [-0.4, -0.2) is 28.6 Å². The molecule has 0 unspecified atom stereocenters. The summed E-state index contributed by atoms with van der Waals surface area (Å²) in [5.41, 5.74) is 1.12. The summed E-state index contributed by atoms with van der Waals surface area (Å²) >= 11 is 0. The zero-order valence-corrected chi connectivity index (χ0v) is 14.0. The number of hydrogen-bond donors (Lipinski definition) is 0. The largest absolute Gasteiger partial charge is 0.381 e. The van der Waals surface area contributed by atoms with Crippen molar-refractivity contribution in [3.63, 3.8) is 0 Å². The number of anilines is 1. The Morgan fingerprint density at radius 1 is 1.15 bits per heavy atom. The molecule has 2 amide bonds. The molecule has 0 saturated carbocycles. The van der Waals surface area contributed by atoms with Crippen molar-refractivity contribution in [1.29, 1.82) is 0 Å². The van der Waals surface area contributed by atoms with Crippen molar-refractivity contribution in [3.8, 4) is 0 Å². The smallest absolute Gasteiger partial charge is 0.278 e. The van der Waals surface area contributed by atoms with Crippen LogP contribution in [0.4, 0.5) is 15.8 Å².